The summed E-state index contributed by atoms with van der Waals surface area (Å²) >= 11 is 0. The molecular weight excluding hydrogens is 1080 g/mol. The SMILES string of the molecule is CCOC(=O)C(CCC[Si](OCC)(OCC)OCC)C(=O)OCC.CCOC(=O)CC(C[Si](OCC)(OCC)OCC)C(=O)OCC.CCOC(CCC1CC(=O)OC1=O)[SiH](C)C.CCO[Si](C)(CCCC(=O)O)OCC. The Morgan fingerprint density at radius 1 is 0.571 bits per heavy atom. The molecule has 77 heavy (non-hydrogen) atoms. The van der Waals surface area contributed by atoms with Gasteiger partial charge in [-0.05, 0) is 135 Å². The summed E-state index contributed by atoms with van der Waals surface area (Å²) in [5.41, 5.74) is 0.300. The van der Waals surface area contributed by atoms with E-state index in [2.05, 4.69) is 17.8 Å². The molecule has 1 aliphatic rings. The second-order valence-corrected chi connectivity index (χ2v) is 29.3. The van der Waals surface area contributed by atoms with Crippen molar-refractivity contribution in [3.63, 3.8) is 0 Å². The van der Waals surface area contributed by atoms with E-state index in [9.17, 15) is 33.6 Å². The molecule has 454 valence electrons. The molecule has 1 aliphatic heterocycles. The van der Waals surface area contributed by atoms with Crippen molar-refractivity contribution in [1.82, 2.24) is 0 Å². The fraction of sp³-hybridized carbons (Fsp3) is 0.863. The average molecular weight is 1180 g/mol. The van der Waals surface area contributed by atoms with Crippen LogP contribution >= 0.6 is 0 Å². The molecule has 1 saturated heterocycles. The van der Waals surface area contributed by atoms with Gasteiger partial charge in [0.15, 0.2) is 5.92 Å². The normalized spacial score (nSPS) is 14.2. The first kappa shape index (κ1) is 78.2. The van der Waals surface area contributed by atoms with Crippen LogP contribution in [0.15, 0.2) is 0 Å². The van der Waals surface area contributed by atoms with E-state index in [0.29, 0.717) is 96.9 Å². The molecule has 0 saturated carbocycles. The zero-order valence-electron chi connectivity index (χ0n) is 49.9. The Bertz CT molecular complexity index is 1530. The first-order valence-corrected chi connectivity index (χ1v) is 37.3. The molecule has 0 aromatic heterocycles. The van der Waals surface area contributed by atoms with Gasteiger partial charge in [0.25, 0.3) is 0 Å². The van der Waals surface area contributed by atoms with Crippen molar-refractivity contribution >= 4 is 76.8 Å². The van der Waals surface area contributed by atoms with Gasteiger partial charge in [-0.15, -0.1) is 0 Å². The van der Waals surface area contributed by atoms with Crippen molar-refractivity contribution < 1.29 is 102 Å². The number of ether oxygens (including phenoxy) is 6. The lowest BCUT2D eigenvalue weighted by Gasteiger charge is -2.30. The number of carbonyl (C=O) groups is 7. The predicted octanol–water partition coefficient (Wildman–Crippen LogP) is 8.01. The fourth-order valence-corrected chi connectivity index (χ4v) is 17.1. The van der Waals surface area contributed by atoms with Crippen LogP contribution in [0, 0.1) is 17.8 Å². The maximum absolute atomic E-state index is 12.2. The average Bonchev–Trinajstić information content (AvgIpc) is 3.68. The Hall–Kier alpha value is -3.00. The summed E-state index contributed by atoms with van der Waals surface area (Å²) in [6.45, 7) is 36.0. The second kappa shape index (κ2) is 47.8. The topological polar surface area (TPSA) is 269 Å². The van der Waals surface area contributed by atoms with Crippen LogP contribution in [0.3, 0.4) is 0 Å². The van der Waals surface area contributed by atoms with E-state index in [-0.39, 0.29) is 69.6 Å². The third kappa shape index (κ3) is 36.8. The van der Waals surface area contributed by atoms with Crippen LogP contribution in [0.2, 0.25) is 37.8 Å². The highest BCUT2D eigenvalue weighted by atomic mass is 28.4. The molecule has 3 atom stereocenters. The minimum atomic E-state index is -3.05. The van der Waals surface area contributed by atoms with Crippen LogP contribution in [-0.4, -0.2) is 173 Å². The molecule has 1 rings (SSSR count). The highest BCUT2D eigenvalue weighted by Crippen LogP contribution is 2.27. The van der Waals surface area contributed by atoms with Crippen molar-refractivity contribution in [3.8, 4) is 0 Å². The minimum Gasteiger partial charge on any atom is -0.481 e. The molecule has 3 unspecified atom stereocenters. The van der Waals surface area contributed by atoms with Gasteiger partial charge in [-0.2, -0.15) is 0 Å². The molecule has 0 amide bonds. The van der Waals surface area contributed by atoms with Crippen molar-refractivity contribution in [2.24, 2.45) is 17.8 Å². The molecule has 0 radical (unpaired) electrons. The summed E-state index contributed by atoms with van der Waals surface area (Å²) in [7, 11) is -8.76. The summed E-state index contributed by atoms with van der Waals surface area (Å²) < 4.78 is 75.8. The number of rotatable bonds is 41. The van der Waals surface area contributed by atoms with Crippen molar-refractivity contribution in [2.75, 3.05) is 85.9 Å². The van der Waals surface area contributed by atoms with Gasteiger partial charge in [-0.25, -0.2) is 0 Å². The smallest absolute Gasteiger partial charge is 0.481 e. The third-order valence-electron chi connectivity index (χ3n) is 10.9. The number of aliphatic carboxylic acids is 1. The van der Waals surface area contributed by atoms with E-state index in [1.165, 1.54) is 0 Å². The molecule has 1 fully saturated rings. The summed E-state index contributed by atoms with van der Waals surface area (Å²) in [5.74, 6) is -5.35. The second-order valence-electron chi connectivity index (χ2n) is 17.3. The summed E-state index contributed by atoms with van der Waals surface area (Å²) in [6, 6.07) is 1.49. The third-order valence-corrected chi connectivity index (χ3v) is 22.3. The van der Waals surface area contributed by atoms with Crippen LogP contribution in [0.25, 0.3) is 0 Å². The molecule has 22 nitrogen and oxygen atoms in total. The quantitative estimate of drug-likeness (QED) is 0.0263. The Balaban J connectivity index is -0.000000969. The van der Waals surface area contributed by atoms with Gasteiger partial charge in [0.1, 0.15) is 0 Å². The lowest BCUT2D eigenvalue weighted by molar-refractivity contribution is -0.162. The van der Waals surface area contributed by atoms with E-state index in [4.69, 9.17) is 64.2 Å². The molecule has 1 heterocycles. The van der Waals surface area contributed by atoms with Crippen LogP contribution in [0.1, 0.15) is 141 Å². The highest BCUT2D eigenvalue weighted by molar-refractivity contribution is 6.66. The number of hydrogen-bond acceptors (Lipinski definition) is 21. The number of cyclic esters (lactones) is 2. The van der Waals surface area contributed by atoms with Crippen LogP contribution < -0.4 is 0 Å². The van der Waals surface area contributed by atoms with E-state index in [0.717, 1.165) is 12.5 Å². The first-order valence-electron chi connectivity index (χ1n) is 27.9. The summed E-state index contributed by atoms with van der Waals surface area (Å²) in [6.07, 6.45) is 3.45. The van der Waals surface area contributed by atoms with Gasteiger partial charge in [-0.3, -0.25) is 33.6 Å². The van der Waals surface area contributed by atoms with Gasteiger partial charge >= 0.3 is 68.0 Å². The lowest BCUT2D eigenvalue weighted by atomic mass is 10.0. The lowest BCUT2D eigenvalue weighted by Crippen LogP contribution is -2.48. The zero-order valence-corrected chi connectivity index (χ0v) is 54.0. The van der Waals surface area contributed by atoms with Gasteiger partial charge < -0.3 is 68.9 Å². The molecular formula is C51H102O22Si4. The Labute approximate surface area is 466 Å². The van der Waals surface area contributed by atoms with Gasteiger partial charge in [-0.1, -0.05) is 13.1 Å². The minimum absolute atomic E-state index is 0.0748. The Morgan fingerprint density at radius 2 is 1.01 bits per heavy atom. The molecule has 0 aromatic carbocycles. The van der Waals surface area contributed by atoms with Crippen LogP contribution in [0.4, 0.5) is 0 Å². The maximum Gasteiger partial charge on any atom is 0.501 e. The van der Waals surface area contributed by atoms with Crippen molar-refractivity contribution in [1.29, 1.82) is 0 Å². The fourth-order valence-electron chi connectivity index (χ4n) is 7.81. The first-order chi connectivity index (χ1) is 36.6. The molecule has 0 aromatic rings. The van der Waals surface area contributed by atoms with E-state index < -0.39 is 76.6 Å². The van der Waals surface area contributed by atoms with Crippen molar-refractivity contribution in [3.05, 3.63) is 0 Å². The number of carboxylic acid groups (broad SMARTS) is 1. The van der Waals surface area contributed by atoms with Gasteiger partial charge in [0.05, 0.1) is 59.9 Å². The Kier molecular flexibility index (Phi) is 48.5. The largest absolute Gasteiger partial charge is 0.501 e. The number of carboxylic acids is 1. The summed E-state index contributed by atoms with van der Waals surface area (Å²) in [4.78, 5) is 80.4. The molecule has 0 aliphatic carbocycles. The number of carbonyl (C=O) groups excluding carboxylic acids is 6. The van der Waals surface area contributed by atoms with Gasteiger partial charge in [0, 0.05) is 83.7 Å². The van der Waals surface area contributed by atoms with E-state index in [1.54, 1.807) is 27.7 Å². The zero-order chi connectivity index (χ0) is 59.3. The monoisotopic (exact) mass is 1180 g/mol. The van der Waals surface area contributed by atoms with E-state index in [1.807, 2.05) is 68.9 Å². The van der Waals surface area contributed by atoms with E-state index >= 15 is 0 Å². The van der Waals surface area contributed by atoms with Crippen LogP contribution in [0.5, 0.6) is 0 Å². The highest BCUT2D eigenvalue weighted by Gasteiger charge is 2.46. The van der Waals surface area contributed by atoms with Crippen molar-refractivity contribution in [2.45, 2.75) is 185 Å². The molecule has 26 heteroatoms. The number of hydrogen-bond donors (Lipinski definition) is 1. The molecule has 1 N–H and O–H groups in total. The summed E-state index contributed by atoms with van der Waals surface area (Å²) in [5, 5.41) is 8.50. The predicted molar refractivity (Wildman–Crippen MR) is 298 cm³/mol. The van der Waals surface area contributed by atoms with Crippen LogP contribution in [-0.2, 0) is 97.4 Å². The Morgan fingerprint density at radius 3 is 1.39 bits per heavy atom. The van der Waals surface area contributed by atoms with Gasteiger partial charge in [0.2, 0.25) is 0 Å². The maximum atomic E-state index is 12.2. The molecule has 0 spiro atoms. The number of esters is 6. The standard InChI is InChI=1S/C16H32O7Si.C15H30O7Si.C11H20O4Si.C9H20O4Si/c1-6-19-15(17)14(16(18)20-7-2)12-11-13-24(21-8-3,22-9-4)23-10-5;1-6-18-14(16)11-13(15(17)19-7-2)12-23(20-8-3,21-9-4)22-10-5;1-4-14-10(16(2)3)6-5-8-7-9(12)15-11(8)13;1-4-12-14(3,13-5-2)8-6-7-9(10)11/h14H,6-13H2,1-5H3;13H,6-12H2,1-5H3;8,10,16H,4-7H2,1-3H3;4-8H2,1-3H3,(H,10,11). The molecule has 0 bridgehead atoms.